The van der Waals surface area contributed by atoms with E-state index in [1.165, 1.54) is 17.0 Å². The highest BCUT2D eigenvalue weighted by Gasteiger charge is 2.28. The number of benzene rings is 1. The number of ether oxygens (including phenoxy) is 1. The van der Waals surface area contributed by atoms with Crippen LogP contribution >= 0.6 is 22.9 Å². The molecule has 0 unspecified atom stereocenters. The van der Waals surface area contributed by atoms with Crippen LogP contribution < -0.4 is 15.5 Å². The monoisotopic (exact) mass is 524 g/mol. The normalized spacial score (nSPS) is 15.3. The van der Waals surface area contributed by atoms with Crippen LogP contribution in [0, 0.1) is 11.2 Å². The number of thiophene rings is 1. The number of carbonyl (C=O) groups excluding carboxylic acids is 3. The molecule has 1 aromatic heterocycles. The zero-order chi connectivity index (χ0) is 25.8. The number of hydrogen-bond donors (Lipinski definition) is 2. The Hall–Kier alpha value is -2.53. The number of carbonyl (C=O) groups is 3. The van der Waals surface area contributed by atoms with Crippen molar-refractivity contribution in [3.63, 3.8) is 0 Å². The van der Waals surface area contributed by atoms with Crippen LogP contribution in [0.2, 0.25) is 4.34 Å². The van der Waals surface area contributed by atoms with Crippen molar-refractivity contribution in [3.05, 3.63) is 45.4 Å². The summed E-state index contributed by atoms with van der Waals surface area (Å²) in [5.41, 5.74) is 0.276. The molecule has 2 N–H and O–H groups in total. The van der Waals surface area contributed by atoms with Crippen LogP contribution in [0.25, 0.3) is 0 Å². The molecular formula is C24H30ClFN4O4S. The Morgan fingerprint density at radius 1 is 1.29 bits per heavy atom. The highest BCUT2D eigenvalue weighted by molar-refractivity contribution is 7.18. The highest BCUT2D eigenvalue weighted by atomic mass is 35.5. The molecule has 35 heavy (non-hydrogen) atoms. The molecule has 11 heteroatoms. The number of halogens is 2. The van der Waals surface area contributed by atoms with Gasteiger partial charge in [-0.05, 0) is 42.8 Å². The van der Waals surface area contributed by atoms with Gasteiger partial charge < -0.3 is 20.3 Å². The molecule has 1 saturated heterocycles. The molecule has 2 aromatic rings. The number of nitrogens with one attached hydrogen (secondary N) is 2. The van der Waals surface area contributed by atoms with Crippen molar-refractivity contribution < 1.29 is 23.5 Å². The average molecular weight is 525 g/mol. The smallest absolute Gasteiger partial charge is 0.261 e. The molecule has 1 aliphatic heterocycles. The van der Waals surface area contributed by atoms with Crippen LogP contribution in [0.15, 0.2) is 30.3 Å². The lowest BCUT2D eigenvalue weighted by Crippen LogP contribution is -2.51. The first-order valence-corrected chi connectivity index (χ1v) is 12.4. The fraction of sp³-hybridized carbons (Fsp3) is 0.458. The third kappa shape index (κ3) is 7.47. The minimum atomic E-state index is -0.756. The molecule has 2 heterocycles. The van der Waals surface area contributed by atoms with Gasteiger partial charge >= 0.3 is 0 Å². The predicted octanol–water partition coefficient (Wildman–Crippen LogP) is 3.62. The van der Waals surface area contributed by atoms with Gasteiger partial charge in [0.15, 0.2) is 0 Å². The first-order chi connectivity index (χ1) is 16.4. The third-order valence-electron chi connectivity index (χ3n) is 5.32. The van der Waals surface area contributed by atoms with Crippen molar-refractivity contribution in [2.45, 2.75) is 26.8 Å². The van der Waals surface area contributed by atoms with Crippen molar-refractivity contribution in [1.82, 2.24) is 10.2 Å². The molecule has 1 atom stereocenters. The Labute approximate surface area is 213 Å². The van der Waals surface area contributed by atoms with E-state index in [0.717, 1.165) is 11.3 Å². The quantitative estimate of drug-likeness (QED) is 0.550. The van der Waals surface area contributed by atoms with E-state index >= 15 is 0 Å². The van der Waals surface area contributed by atoms with Gasteiger partial charge in [-0.1, -0.05) is 32.4 Å². The van der Waals surface area contributed by atoms with Crippen molar-refractivity contribution in [2.75, 3.05) is 50.1 Å². The lowest BCUT2D eigenvalue weighted by atomic mass is 9.95. The number of morpholine rings is 1. The maximum Gasteiger partial charge on any atom is 0.261 e. The molecule has 8 nitrogen and oxygen atoms in total. The van der Waals surface area contributed by atoms with Gasteiger partial charge in [0.1, 0.15) is 18.5 Å². The molecule has 1 aliphatic rings. The maximum absolute atomic E-state index is 14.9. The van der Waals surface area contributed by atoms with Gasteiger partial charge in [0, 0.05) is 25.3 Å². The number of nitrogens with zero attached hydrogens (tertiary/aromatic N) is 2. The van der Waals surface area contributed by atoms with Crippen LogP contribution in [-0.4, -0.2) is 68.6 Å². The fourth-order valence-corrected chi connectivity index (χ4v) is 4.76. The Bertz CT molecular complexity index is 1090. The Balaban J connectivity index is 1.73. The van der Waals surface area contributed by atoms with E-state index in [2.05, 4.69) is 10.6 Å². The molecule has 0 bridgehead atoms. The third-order valence-corrected chi connectivity index (χ3v) is 6.55. The summed E-state index contributed by atoms with van der Waals surface area (Å²) in [6.45, 7) is 7.35. The largest absolute Gasteiger partial charge is 0.370 e. The molecule has 0 radical (unpaired) electrons. The van der Waals surface area contributed by atoms with Crippen LogP contribution in [0.4, 0.5) is 15.8 Å². The van der Waals surface area contributed by atoms with E-state index in [0.29, 0.717) is 34.6 Å². The van der Waals surface area contributed by atoms with Gasteiger partial charge in [0.05, 0.1) is 21.5 Å². The summed E-state index contributed by atoms with van der Waals surface area (Å²) in [4.78, 5) is 41.5. The van der Waals surface area contributed by atoms with E-state index < -0.39 is 17.8 Å². The highest BCUT2D eigenvalue weighted by Crippen LogP contribution is 2.24. The van der Waals surface area contributed by atoms with E-state index in [-0.39, 0.29) is 36.1 Å². The molecule has 0 aliphatic carbocycles. The Kier molecular flexibility index (Phi) is 8.87. The average Bonchev–Trinajstić information content (AvgIpc) is 3.21. The Morgan fingerprint density at radius 2 is 2.03 bits per heavy atom. The summed E-state index contributed by atoms with van der Waals surface area (Å²) in [7, 11) is 1.78. The molecule has 0 spiro atoms. The minimum Gasteiger partial charge on any atom is -0.370 e. The minimum absolute atomic E-state index is 0.00928. The van der Waals surface area contributed by atoms with Crippen molar-refractivity contribution in [3.8, 4) is 0 Å². The first-order valence-electron chi connectivity index (χ1n) is 11.2. The number of hydrogen-bond acceptors (Lipinski definition) is 6. The van der Waals surface area contributed by atoms with Crippen LogP contribution in [-0.2, 0) is 14.3 Å². The zero-order valence-corrected chi connectivity index (χ0v) is 21.8. The summed E-state index contributed by atoms with van der Waals surface area (Å²) in [6.07, 6.45) is 0. The van der Waals surface area contributed by atoms with Gasteiger partial charge in [0.25, 0.3) is 11.8 Å². The van der Waals surface area contributed by atoms with E-state index in [1.54, 1.807) is 25.2 Å². The fourth-order valence-electron chi connectivity index (χ4n) is 3.80. The molecule has 0 saturated carbocycles. The number of likely N-dealkylation sites (N-methyl/N-ethyl adjacent to an activating group) is 1. The number of anilines is 2. The predicted molar refractivity (Wildman–Crippen MR) is 136 cm³/mol. The van der Waals surface area contributed by atoms with Gasteiger partial charge in [-0.2, -0.15) is 0 Å². The zero-order valence-electron chi connectivity index (χ0n) is 20.2. The van der Waals surface area contributed by atoms with Crippen molar-refractivity contribution in [1.29, 1.82) is 0 Å². The summed E-state index contributed by atoms with van der Waals surface area (Å²) >= 11 is 7.06. The summed E-state index contributed by atoms with van der Waals surface area (Å²) in [5.74, 6) is -1.71. The summed E-state index contributed by atoms with van der Waals surface area (Å²) < 4.78 is 20.5. The topological polar surface area (TPSA) is 91.0 Å². The molecule has 3 rings (SSSR count). The van der Waals surface area contributed by atoms with Gasteiger partial charge in [-0.15, -0.1) is 11.3 Å². The first kappa shape index (κ1) is 27.1. The van der Waals surface area contributed by atoms with Crippen molar-refractivity contribution >= 4 is 52.0 Å². The van der Waals surface area contributed by atoms with Gasteiger partial charge in [-0.3, -0.25) is 19.3 Å². The maximum atomic E-state index is 14.9. The molecular weight excluding hydrogens is 495 g/mol. The second-order valence-corrected chi connectivity index (χ2v) is 11.3. The summed E-state index contributed by atoms with van der Waals surface area (Å²) in [6, 6.07) is 6.72. The number of rotatable bonds is 8. The molecule has 3 amide bonds. The van der Waals surface area contributed by atoms with Crippen LogP contribution in [0.5, 0.6) is 0 Å². The standard InChI is InChI=1S/C24H30ClFN4O4S/c1-24(2,3)14-29(4)18(12-27-23(33)19-7-8-20(25)35-19)22(32)28-17-6-5-15(11-16(17)26)30-9-10-34-13-21(30)31/h5-8,11,18H,9-10,12-14H2,1-4H3,(H,27,33)(H,28,32)/t18-/m0/s1. The van der Waals surface area contributed by atoms with Crippen molar-refractivity contribution in [2.24, 2.45) is 5.41 Å². The second kappa shape index (κ2) is 11.5. The molecule has 190 valence electrons. The van der Waals surface area contributed by atoms with E-state index in [9.17, 15) is 18.8 Å². The van der Waals surface area contributed by atoms with Gasteiger partial charge in [-0.25, -0.2) is 4.39 Å². The molecule has 1 aromatic carbocycles. The lowest BCUT2D eigenvalue weighted by Gasteiger charge is -2.32. The van der Waals surface area contributed by atoms with Crippen LogP contribution in [0.3, 0.4) is 0 Å². The summed E-state index contributed by atoms with van der Waals surface area (Å²) in [5, 5.41) is 5.41. The second-order valence-electron chi connectivity index (χ2n) is 9.56. The van der Waals surface area contributed by atoms with E-state index in [1.807, 2.05) is 25.7 Å². The SMILES string of the molecule is CN(CC(C)(C)C)[C@@H](CNC(=O)c1ccc(Cl)s1)C(=O)Nc1ccc(N2CCOCC2=O)cc1F. The lowest BCUT2D eigenvalue weighted by molar-refractivity contribution is -0.125. The number of amides is 3. The molecule has 1 fully saturated rings. The van der Waals surface area contributed by atoms with Gasteiger partial charge in [0.2, 0.25) is 5.91 Å². The van der Waals surface area contributed by atoms with E-state index in [4.69, 9.17) is 16.3 Å². The van der Waals surface area contributed by atoms with Crippen LogP contribution in [0.1, 0.15) is 30.4 Å². The Morgan fingerprint density at radius 3 is 2.63 bits per heavy atom.